The van der Waals surface area contributed by atoms with E-state index < -0.39 is 0 Å². The van der Waals surface area contributed by atoms with Crippen molar-refractivity contribution in [2.45, 2.75) is 71.6 Å². The molecule has 2 aromatic rings. The number of rotatable bonds is 16. The second kappa shape index (κ2) is 15.6. The summed E-state index contributed by atoms with van der Waals surface area (Å²) < 4.78 is 11.3. The molecule has 0 amide bonds. The maximum atomic E-state index is 5.75. The van der Waals surface area contributed by atoms with E-state index in [1.165, 1.54) is 18.4 Å². The Morgan fingerprint density at radius 3 is 2.30 bits per heavy atom. The van der Waals surface area contributed by atoms with Gasteiger partial charge in [0.05, 0.1) is 19.0 Å². The molecule has 30 heavy (non-hydrogen) atoms. The van der Waals surface area contributed by atoms with Crippen LogP contribution in [0.5, 0.6) is 5.75 Å². The van der Waals surface area contributed by atoms with Crippen LogP contribution in [0, 0.1) is 0 Å². The molecular weight excluding hydrogens is 372 g/mol. The van der Waals surface area contributed by atoms with Gasteiger partial charge in [0.1, 0.15) is 0 Å². The minimum atomic E-state index is 0.710. The summed E-state index contributed by atoms with van der Waals surface area (Å²) in [5.74, 6) is 1.48. The maximum absolute atomic E-state index is 5.75. The molecule has 0 saturated heterocycles. The Balaban J connectivity index is 1.67. The second-order valence-electron chi connectivity index (χ2n) is 7.59. The van der Waals surface area contributed by atoms with E-state index >= 15 is 0 Å². The zero-order chi connectivity index (χ0) is 21.3. The Kier molecular flexibility index (Phi) is 12.5. The summed E-state index contributed by atoms with van der Waals surface area (Å²) in [6.45, 7) is 6.78. The Morgan fingerprint density at radius 2 is 1.57 bits per heavy atom. The number of hydrogen-bond donors (Lipinski definition) is 0. The number of unbranched alkanes of at least 4 members (excludes halogenated alkanes) is 4. The number of benzene rings is 1. The Morgan fingerprint density at radius 1 is 0.800 bits per heavy atom. The van der Waals surface area contributed by atoms with Gasteiger partial charge < -0.3 is 9.47 Å². The van der Waals surface area contributed by atoms with Crippen molar-refractivity contribution in [2.24, 2.45) is 0 Å². The molecule has 0 radical (unpaired) electrons. The summed E-state index contributed by atoms with van der Waals surface area (Å²) in [5, 5.41) is 0. The van der Waals surface area contributed by atoms with Crippen LogP contribution in [0.3, 0.4) is 0 Å². The molecule has 1 heterocycles. The van der Waals surface area contributed by atoms with Crippen molar-refractivity contribution in [3.05, 3.63) is 54.4 Å². The van der Waals surface area contributed by atoms with Crippen LogP contribution in [-0.2, 0) is 11.2 Å². The minimum Gasteiger partial charge on any atom is -0.490 e. The van der Waals surface area contributed by atoms with Crippen LogP contribution in [0.15, 0.2) is 48.8 Å². The second-order valence-corrected chi connectivity index (χ2v) is 7.59. The van der Waals surface area contributed by atoms with Crippen molar-refractivity contribution in [1.29, 1.82) is 0 Å². The summed E-state index contributed by atoms with van der Waals surface area (Å²) in [5.41, 5.74) is 2.41. The number of hydrogen-bond acceptors (Lipinski definition) is 4. The number of ether oxygens (including phenoxy) is 2. The molecule has 0 bridgehead atoms. The van der Waals surface area contributed by atoms with Gasteiger partial charge in [-0.2, -0.15) is 0 Å². The van der Waals surface area contributed by atoms with E-state index in [0.717, 1.165) is 75.3 Å². The largest absolute Gasteiger partial charge is 0.490 e. The lowest BCUT2D eigenvalue weighted by Gasteiger charge is -2.07. The SMILES string of the molecule is CC/C=C\CCCCOc1cnc(-c2ccc(CCCCCOCCC)cc2)nc1. The van der Waals surface area contributed by atoms with Gasteiger partial charge >= 0.3 is 0 Å². The first-order valence-corrected chi connectivity index (χ1v) is 11.6. The third-order valence-electron chi connectivity index (χ3n) is 4.88. The molecule has 164 valence electrons. The minimum absolute atomic E-state index is 0.710. The molecule has 0 aliphatic carbocycles. The average molecular weight is 411 g/mol. The summed E-state index contributed by atoms with van der Waals surface area (Å²) >= 11 is 0. The lowest BCUT2D eigenvalue weighted by atomic mass is 10.0. The van der Waals surface area contributed by atoms with Crippen LogP contribution in [-0.4, -0.2) is 29.8 Å². The number of nitrogens with zero attached hydrogens (tertiary/aromatic N) is 2. The van der Waals surface area contributed by atoms with Gasteiger partial charge in [0.15, 0.2) is 11.6 Å². The molecule has 0 spiro atoms. The van der Waals surface area contributed by atoms with Crippen molar-refractivity contribution in [3.63, 3.8) is 0 Å². The molecule has 1 aromatic heterocycles. The fourth-order valence-corrected chi connectivity index (χ4v) is 3.16. The smallest absolute Gasteiger partial charge is 0.159 e. The summed E-state index contributed by atoms with van der Waals surface area (Å²) in [4.78, 5) is 8.94. The van der Waals surface area contributed by atoms with Gasteiger partial charge in [0, 0.05) is 18.8 Å². The van der Waals surface area contributed by atoms with Gasteiger partial charge in [0.25, 0.3) is 0 Å². The van der Waals surface area contributed by atoms with Crippen LogP contribution < -0.4 is 4.74 Å². The van der Waals surface area contributed by atoms with Crippen molar-refractivity contribution >= 4 is 0 Å². The van der Waals surface area contributed by atoms with Crippen molar-refractivity contribution in [2.75, 3.05) is 19.8 Å². The topological polar surface area (TPSA) is 44.2 Å². The zero-order valence-electron chi connectivity index (χ0n) is 18.8. The van der Waals surface area contributed by atoms with E-state index in [1.807, 2.05) is 0 Å². The van der Waals surface area contributed by atoms with Gasteiger partial charge in [-0.3, -0.25) is 0 Å². The molecule has 4 heteroatoms. The molecule has 0 fully saturated rings. The first-order chi connectivity index (χ1) is 14.8. The van der Waals surface area contributed by atoms with Gasteiger partial charge in [-0.1, -0.05) is 56.7 Å². The molecular formula is C26H38N2O2. The highest BCUT2D eigenvalue weighted by Gasteiger charge is 2.03. The molecule has 2 rings (SSSR count). The summed E-state index contributed by atoms with van der Waals surface area (Å²) in [6, 6.07) is 8.59. The van der Waals surface area contributed by atoms with E-state index in [1.54, 1.807) is 12.4 Å². The molecule has 0 unspecified atom stereocenters. The normalized spacial score (nSPS) is 11.3. The number of aromatic nitrogens is 2. The number of aryl methyl sites for hydroxylation is 1. The van der Waals surface area contributed by atoms with Crippen molar-refractivity contribution in [3.8, 4) is 17.1 Å². The van der Waals surface area contributed by atoms with E-state index in [0.29, 0.717) is 6.61 Å². The highest BCUT2D eigenvalue weighted by Crippen LogP contribution is 2.18. The average Bonchev–Trinajstić information content (AvgIpc) is 2.79. The van der Waals surface area contributed by atoms with Gasteiger partial charge in [-0.25, -0.2) is 9.97 Å². The fourth-order valence-electron chi connectivity index (χ4n) is 3.16. The first-order valence-electron chi connectivity index (χ1n) is 11.6. The van der Waals surface area contributed by atoms with Crippen molar-refractivity contribution in [1.82, 2.24) is 9.97 Å². The highest BCUT2D eigenvalue weighted by molar-refractivity contribution is 5.55. The zero-order valence-corrected chi connectivity index (χ0v) is 18.8. The molecule has 1 aromatic carbocycles. The molecule has 4 nitrogen and oxygen atoms in total. The lowest BCUT2D eigenvalue weighted by Crippen LogP contribution is -1.99. The quantitative estimate of drug-likeness (QED) is 0.225. The van der Waals surface area contributed by atoms with E-state index in [4.69, 9.17) is 9.47 Å². The van der Waals surface area contributed by atoms with Gasteiger partial charge in [0.2, 0.25) is 0 Å². The van der Waals surface area contributed by atoms with E-state index in [9.17, 15) is 0 Å². The number of allylic oxidation sites excluding steroid dienone is 2. The van der Waals surface area contributed by atoms with Crippen LogP contribution in [0.4, 0.5) is 0 Å². The van der Waals surface area contributed by atoms with Crippen LogP contribution in [0.25, 0.3) is 11.4 Å². The molecule has 0 aliphatic heterocycles. The fraction of sp³-hybridized carbons (Fsp3) is 0.538. The lowest BCUT2D eigenvalue weighted by molar-refractivity contribution is 0.130. The van der Waals surface area contributed by atoms with Crippen LogP contribution in [0.1, 0.15) is 70.8 Å². The van der Waals surface area contributed by atoms with Gasteiger partial charge in [-0.15, -0.1) is 0 Å². The molecule has 0 aliphatic rings. The Labute approximate surface area is 182 Å². The third kappa shape index (κ3) is 10.0. The third-order valence-corrected chi connectivity index (χ3v) is 4.88. The molecule has 0 atom stereocenters. The standard InChI is InChI=1S/C26H38N2O2/c1-3-5-6-7-8-12-20-30-25-21-27-26(28-22-25)24-16-14-23(15-17-24)13-10-9-11-19-29-18-4-2/h5-6,14-17,21-22H,3-4,7-13,18-20H2,1-2H3/b6-5-. The summed E-state index contributed by atoms with van der Waals surface area (Å²) in [7, 11) is 0. The van der Waals surface area contributed by atoms with Crippen molar-refractivity contribution < 1.29 is 9.47 Å². The van der Waals surface area contributed by atoms with Gasteiger partial charge in [-0.05, 0) is 56.9 Å². The molecule has 0 saturated carbocycles. The molecule has 0 N–H and O–H groups in total. The Bertz CT molecular complexity index is 696. The maximum Gasteiger partial charge on any atom is 0.159 e. The summed E-state index contributed by atoms with van der Waals surface area (Å²) in [6.07, 6.45) is 18.2. The highest BCUT2D eigenvalue weighted by atomic mass is 16.5. The predicted molar refractivity (Wildman–Crippen MR) is 125 cm³/mol. The van der Waals surface area contributed by atoms with E-state index in [-0.39, 0.29) is 0 Å². The predicted octanol–water partition coefficient (Wildman–Crippen LogP) is 6.80. The monoisotopic (exact) mass is 410 g/mol. The van der Waals surface area contributed by atoms with Crippen LogP contribution in [0.2, 0.25) is 0 Å². The van der Waals surface area contributed by atoms with Crippen LogP contribution >= 0.6 is 0 Å². The van der Waals surface area contributed by atoms with E-state index in [2.05, 4.69) is 60.2 Å². The first kappa shape index (κ1) is 24.1. The Hall–Kier alpha value is -2.20.